The molecule has 0 N–H and O–H groups in total. The molecule has 1 radical (unpaired) electrons. The van der Waals surface area contributed by atoms with Gasteiger partial charge in [-0.1, -0.05) is 37.6 Å². The Kier molecular flexibility index (Phi) is 20.8. The molecule has 20 heteroatoms. The number of hydrogen-bond donors (Lipinski definition) is 0. The van der Waals surface area contributed by atoms with Crippen LogP contribution in [0.25, 0.3) is 0 Å². The second-order valence-electron chi connectivity index (χ2n) is 11.4. The summed E-state index contributed by atoms with van der Waals surface area (Å²) in [7, 11) is -5.22. The molecule has 2 aromatic carbocycles. The van der Waals surface area contributed by atoms with E-state index in [9.17, 15) is 62.5 Å². The number of carbonyl (C=O) groups is 5. The summed E-state index contributed by atoms with van der Waals surface area (Å²) in [5, 5.41) is 56.7. The van der Waals surface area contributed by atoms with Gasteiger partial charge in [-0.15, -0.1) is 0 Å². The second-order valence-corrected chi connectivity index (χ2v) is 12.8. The number of aliphatic carboxylic acids is 5. The van der Waals surface area contributed by atoms with Crippen molar-refractivity contribution < 1.29 is 112 Å². The molecule has 18 nitrogen and oxygen atoms in total. The molecule has 2 aromatic rings. The Hall–Kier alpha value is -3.50. The van der Waals surface area contributed by atoms with E-state index in [1.807, 2.05) is 24.3 Å². The summed E-state index contributed by atoms with van der Waals surface area (Å²) in [6.45, 7) is -4.71. The van der Waals surface area contributed by atoms with Crippen molar-refractivity contribution in [1.29, 1.82) is 0 Å². The van der Waals surface area contributed by atoms with Crippen molar-refractivity contribution in [1.82, 2.24) is 14.7 Å². The summed E-state index contributed by atoms with van der Waals surface area (Å²) in [6, 6.07) is 9.45. The summed E-state index contributed by atoms with van der Waals surface area (Å²) in [5.41, 5.74) is 1.89. The molecular formula is C32H37GdN3O15S-3. The van der Waals surface area contributed by atoms with Crippen LogP contribution in [0.5, 0.6) is 11.5 Å². The molecule has 0 saturated heterocycles. The van der Waals surface area contributed by atoms with Gasteiger partial charge in [-0.25, -0.2) is 8.42 Å². The minimum absolute atomic E-state index is 0. The molecule has 0 fully saturated rings. The zero-order chi connectivity index (χ0) is 38.1. The first-order valence-corrected chi connectivity index (χ1v) is 17.0. The smallest absolute Gasteiger partial charge is 0.744 e. The third-order valence-corrected chi connectivity index (χ3v) is 8.16. The molecule has 0 spiro atoms. The molecule has 0 heterocycles. The van der Waals surface area contributed by atoms with Gasteiger partial charge < -0.3 is 63.5 Å². The summed E-state index contributed by atoms with van der Waals surface area (Å²) in [5.74, 6) is -9.04. The molecule has 1 atom stereocenters. The van der Waals surface area contributed by atoms with E-state index < -0.39 is 109 Å². The van der Waals surface area contributed by atoms with Crippen molar-refractivity contribution in [2.75, 3.05) is 59.0 Å². The van der Waals surface area contributed by atoms with Gasteiger partial charge in [0.25, 0.3) is 0 Å². The number of carboxylic acid groups (broad SMARTS) is 5. The van der Waals surface area contributed by atoms with Gasteiger partial charge in [-0.05, 0) is 36.1 Å². The van der Waals surface area contributed by atoms with Crippen molar-refractivity contribution in [3.63, 3.8) is 0 Å². The first kappa shape index (κ1) is 46.5. The fourth-order valence-corrected chi connectivity index (χ4v) is 5.56. The van der Waals surface area contributed by atoms with Crippen LogP contribution in [-0.2, 0) is 47.1 Å². The molecule has 0 amide bonds. The zero-order valence-corrected chi connectivity index (χ0v) is 31.1. The SMILES string of the molecule is CCCCc1ccc(COc2ccc(OCC(CN(CCN(CC(=O)[O-])CC(=O)[O-])CC(=O)[O-])N(CC(=O)[O-])CC(=O)[O-])c(S(=O)(=O)[O-])c2)cc1.[Gd+3]. The van der Waals surface area contributed by atoms with Crippen LogP contribution in [0.15, 0.2) is 47.4 Å². The second kappa shape index (κ2) is 23.2. The number of aryl methyl sites for hydroxylation is 1. The molecule has 0 aliphatic rings. The van der Waals surface area contributed by atoms with E-state index in [-0.39, 0.29) is 58.8 Å². The fourth-order valence-electron chi connectivity index (χ4n) is 4.93. The van der Waals surface area contributed by atoms with Gasteiger partial charge in [-0.3, -0.25) is 14.7 Å². The molecule has 0 aliphatic heterocycles. The minimum atomic E-state index is -5.22. The van der Waals surface area contributed by atoms with Crippen LogP contribution in [-0.4, -0.2) is 123 Å². The van der Waals surface area contributed by atoms with Gasteiger partial charge in [-0.2, -0.15) is 0 Å². The van der Waals surface area contributed by atoms with Gasteiger partial charge in [0.05, 0.1) is 40.8 Å². The first-order valence-electron chi connectivity index (χ1n) is 15.6. The Balaban J connectivity index is 0.0000135. The standard InChI is InChI=1S/C32H43N3O15S.Gd/c1-2-3-4-22-5-7-23(8-6-22)20-49-25-9-10-26(27(13-25)51(46,47)48)50-21-24(35(18-31(42)43)19-32(44)45)14-33(15-28(36)37)11-12-34(16-29(38)39)17-30(40)41;/h5-10,13,24H,2-4,11-12,14-21H2,1H3,(H,36,37)(H,38,39)(H,40,41)(H,42,43)(H,44,45)(H,46,47,48);/q;+3/p-6. The number of carbonyl (C=O) groups excluding carboxylic acids is 5. The monoisotopic (exact) mass is 893 g/mol. The molecule has 2 rings (SSSR count). The molecule has 287 valence electrons. The minimum Gasteiger partial charge on any atom is -0.744 e. The summed E-state index contributed by atoms with van der Waals surface area (Å²) in [6.07, 6.45) is 2.97. The maximum Gasteiger partial charge on any atom is 3.00 e. The van der Waals surface area contributed by atoms with Crippen LogP contribution < -0.4 is 35.0 Å². The molecular weight excluding hydrogens is 856 g/mol. The zero-order valence-electron chi connectivity index (χ0n) is 28.0. The number of ether oxygens (including phenoxy) is 2. The predicted molar refractivity (Wildman–Crippen MR) is 163 cm³/mol. The summed E-state index contributed by atoms with van der Waals surface area (Å²) >= 11 is 0. The van der Waals surface area contributed by atoms with Crippen LogP contribution in [0.1, 0.15) is 30.9 Å². The average Bonchev–Trinajstić information content (AvgIpc) is 3.02. The predicted octanol–water partition coefficient (Wildman–Crippen LogP) is -6.08. The average molecular weight is 893 g/mol. The van der Waals surface area contributed by atoms with Crippen molar-refractivity contribution >= 4 is 40.0 Å². The third kappa shape index (κ3) is 18.3. The summed E-state index contributed by atoms with van der Waals surface area (Å²) < 4.78 is 47.9. The van der Waals surface area contributed by atoms with E-state index in [2.05, 4.69) is 6.92 Å². The van der Waals surface area contributed by atoms with Gasteiger partial charge >= 0.3 is 39.9 Å². The quantitative estimate of drug-likeness (QED) is 0.0794. The van der Waals surface area contributed by atoms with Gasteiger partial charge in [0.15, 0.2) is 0 Å². The maximum atomic E-state index is 12.2. The van der Waals surface area contributed by atoms with Crippen LogP contribution >= 0.6 is 0 Å². The van der Waals surface area contributed by atoms with Crippen molar-refractivity contribution in [2.24, 2.45) is 0 Å². The fraction of sp³-hybridized carbons (Fsp3) is 0.469. The molecule has 0 bridgehead atoms. The van der Waals surface area contributed by atoms with E-state index in [0.717, 1.165) is 57.2 Å². The number of unbranched alkanes of at least 4 members (excludes halogenated alkanes) is 1. The Bertz CT molecular complexity index is 1580. The summed E-state index contributed by atoms with van der Waals surface area (Å²) in [4.78, 5) is 58.5. The van der Waals surface area contributed by atoms with Gasteiger partial charge in [0.2, 0.25) is 0 Å². The van der Waals surface area contributed by atoms with E-state index in [1.54, 1.807) is 0 Å². The Morgan fingerprint density at radius 2 is 1.21 bits per heavy atom. The molecule has 0 aromatic heterocycles. The molecule has 52 heavy (non-hydrogen) atoms. The van der Waals surface area contributed by atoms with Gasteiger partial charge in [0, 0.05) is 58.4 Å². The first-order chi connectivity index (χ1) is 24.0. The van der Waals surface area contributed by atoms with Crippen LogP contribution in [0.4, 0.5) is 0 Å². The van der Waals surface area contributed by atoms with Crippen molar-refractivity contribution in [3.05, 3.63) is 53.6 Å². The normalized spacial score (nSPS) is 11.9. The largest absolute Gasteiger partial charge is 3.00 e. The molecule has 0 aliphatic carbocycles. The van der Waals surface area contributed by atoms with Gasteiger partial charge in [0.1, 0.15) is 34.8 Å². The Morgan fingerprint density at radius 3 is 1.71 bits per heavy atom. The molecule has 0 saturated carbocycles. The molecule has 1 unspecified atom stereocenters. The van der Waals surface area contributed by atoms with E-state index >= 15 is 0 Å². The van der Waals surface area contributed by atoms with Crippen molar-refractivity contribution in [2.45, 2.75) is 43.7 Å². The topological polar surface area (TPSA) is 286 Å². The Labute approximate surface area is 332 Å². The third-order valence-electron chi connectivity index (χ3n) is 7.30. The van der Waals surface area contributed by atoms with Crippen molar-refractivity contribution in [3.8, 4) is 11.5 Å². The number of hydrogen-bond acceptors (Lipinski definition) is 18. The maximum absolute atomic E-state index is 12.2. The van der Waals surface area contributed by atoms with E-state index in [4.69, 9.17) is 9.47 Å². The van der Waals surface area contributed by atoms with E-state index in [0.29, 0.717) is 0 Å². The number of nitrogens with zero attached hydrogens (tertiary/aromatic N) is 3. The number of rotatable bonds is 26. The number of benzene rings is 2. The Morgan fingerprint density at radius 1 is 0.712 bits per heavy atom. The van der Waals surface area contributed by atoms with Crippen LogP contribution in [0.3, 0.4) is 0 Å². The van der Waals surface area contributed by atoms with Crippen LogP contribution in [0, 0.1) is 39.9 Å². The van der Waals surface area contributed by atoms with E-state index in [1.165, 1.54) is 6.07 Å². The van der Waals surface area contributed by atoms with Crippen LogP contribution in [0.2, 0.25) is 0 Å². The number of carboxylic acids is 5.